The van der Waals surface area contributed by atoms with Gasteiger partial charge in [-0.05, 0) is 61.4 Å². The number of piperazine rings is 1. The van der Waals surface area contributed by atoms with Crippen LogP contribution in [0.1, 0.15) is 12.5 Å². The van der Waals surface area contributed by atoms with Crippen molar-refractivity contribution in [2.45, 2.75) is 20.1 Å². The Balaban J connectivity index is 1.49. The fourth-order valence-electron chi connectivity index (χ4n) is 4.43. The van der Waals surface area contributed by atoms with Gasteiger partial charge in [0.05, 0.1) is 11.9 Å². The number of halogens is 1. The zero-order chi connectivity index (χ0) is 25.9. The molecular formula is C29H29FN4O3. The zero-order valence-corrected chi connectivity index (χ0v) is 20.8. The molecule has 1 atom stereocenters. The van der Waals surface area contributed by atoms with Crippen LogP contribution < -0.4 is 15.2 Å². The van der Waals surface area contributed by atoms with Gasteiger partial charge in [0.1, 0.15) is 23.5 Å². The highest BCUT2D eigenvalue weighted by Crippen LogP contribution is 2.31. The van der Waals surface area contributed by atoms with Crippen molar-refractivity contribution in [1.29, 1.82) is 0 Å². The van der Waals surface area contributed by atoms with E-state index in [0.717, 1.165) is 16.7 Å². The molecule has 0 aliphatic carbocycles. The van der Waals surface area contributed by atoms with Gasteiger partial charge in [-0.2, -0.15) is 9.78 Å². The van der Waals surface area contributed by atoms with Crippen molar-refractivity contribution in [3.63, 3.8) is 0 Å². The SMILES string of the molecule is Cc1ccc(-n2ncc(N3CCN(C(C)O)CC3)c(Oc3ccc(-c4ccc(F)cc4)cc3)c2=O)cc1. The van der Waals surface area contributed by atoms with Crippen LogP contribution in [0.4, 0.5) is 10.1 Å². The molecule has 1 fully saturated rings. The fourth-order valence-corrected chi connectivity index (χ4v) is 4.43. The zero-order valence-electron chi connectivity index (χ0n) is 20.8. The Morgan fingerprint density at radius 1 is 0.892 bits per heavy atom. The topological polar surface area (TPSA) is 70.8 Å². The van der Waals surface area contributed by atoms with Gasteiger partial charge in [-0.1, -0.05) is 42.0 Å². The van der Waals surface area contributed by atoms with E-state index in [0.29, 0.717) is 43.3 Å². The van der Waals surface area contributed by atoms with Gasteiger partial charge in [-0.15, -0.1) is 0 Å². The monoisotopic (exact) mass is 500 g/mol. The van der Waals surface area contributed by atoms with Gasteiger partial charge in [0.25, 0.3) is 0 Å². The molecule has 190 valence electrons. The van der Waals surface area contributed by atoms with Crippen LogP contribution in [0.3, 0.4) is 0 Å². The number of aliphatic hydroxyl groups excluding tert-OH is 1. The average molecular weight is 501 g/mol. The molecule has 8 heteroatoms. The number of ether oxygens (including phenoxy) is 1. The van der Waals surface area contributed by atoms with Gasteiger partial charge in [0.2, 0.25) is 5.75 Å². The maximum atomic E-state index is 13.7. The van der Waals surface area contributed by atoms with Crippen LogP contribution in [0.15, 0.2) is 83.8 Å². The number of aromatic nitrogens is 2. The van der Waals surface area contributed by atoms with Crippen LogP contribution in [0, 0.1) is 12.7 Å². The number of aryl methyl sites for hydroxylation is 1. The average Bonchev–Trinajstić information content (AvgIpc) is 2.91. The Bertz CT molecular complexity index is 1410. The second kappa shape index (κ2) is 10.5. The van der Waals surface area contributed by atoms with Gasteiger partial charge < -0.3 is 14.7 Å². The van der Waals surface area contributed by atoms with Crippen LogP contribution in [-0.4, -0.2) is 52.2 Å². The third-order valence-corrected chi connectivity index (χ3v) is 6.63. The molecule has 7 nitrogen and oxygen atoms in total. The second-order valence-electron chi connectivity index (χ2n) is 9.20. The number of anilines is 1. The Morgan fingerprint density at radius 3 is 2.08 bits per heavy atom. The van der Waals surface area contributed by atoms with Gasteiger partial charge >= 0.3 is 5.56 Å². The lowest BCUT2D eigenvalue weighted by molar-refractivity contribution is 0.0153. The number of aliphatic hydroxyl groups is 1. The molecule has 0 saturated carbocycles. The van der Waals surface area contributed by atoms with Crippen LogP contribution in [0.5, 0.6) is 11.5 Å². The molecule has 2 heterocycles. The largest absolute Gasteiger partial charge is 0.449 e. The van der Waals surface area contributed by atoms with Crippen LogP contribution in [-0.2, 0) is 0 Å². The number of hydrogen-bond acceptors (Lipinski definition) is 6. The summed E-state index contributed by atoms with van der Waals surface area (Å²) in [5.74, 6) is 0.414. The molecule has 37 heavy (non-hydrogen) atoms. The van der Waals surface area contributed by atoms with Crippen molar-refractivity contribution in [3.05, 3.63) is 101 Å². The third-order valence-electron chi connectivity index (χ3n) is 6.63. The first-order chi connectivity index (χ1) is 17.9. The Morgan fingerprint density at radius 2 is 1.49 bits per heavy atom. The summed E-state index contributed by atoms with van der Waals surface area (Å²) in [4.78, 5) is 17.7. The van der Waals surface area contributed by atoms with Crippen LogP contribution in [0.2, 0.25) is 0 Å². The van der Waals surface area contributed by atoms with E-state index in [1.165, 1.54) is 16.8 Å². The van der Waals surface area contributed by atoms with E-state index in [1.807, 2.05) is 48.2 Å². The van der Waals surface area contributed by atoms with Gasteiger partial charge in [-0.25, -0.2) is 4.39 Å². The van der Waals surface area contributed by atoms with E-state index < -0.39 is 6.23 Å². The Labute approximate surface area is 215 Å². The first-order valence-corrected chi connectivity index (χ1v) is 12.3. The summed E-state index contributed by atoms with van der Waals surface area (Å²) in [7, 11) is 0. The molecule has 1 N–H and O–H groups in total. The van der Waals surface area contributed by atoms with Gasteiger partial charge in [0, 0.05) is 26.2 Å². The smallest absolute Gasteiger partial charge is 0.316 e. The first-order valence-electron chi connectivity index (χ1n) is 12.3. The molecule has 1 aromatic heterocycles. The lowest BCUT2D eigenvalue weighted by atomic mass is 10.1. The van der Waals surface area contributed by atoms with Crippen molar-refractivity contribution in [3.8, 4) is 28.3 Å². The highest BCUT2D eigenvalue weighted by atomic mass is 19.1. The molecule has 0 spiro atoms. The number of rotatable bonds is 6. The van der Waals surface area contributed by atoms with E-state index in [-0.39, 0.29) is 17.1 Å². The van der Waals surface area contributed by atoms with Gasteiger partial charge in [-0.3, -0.25) is 9.69 Å². The molecule has 0 bridgehead atoms. The van der Waals surface area contributed by atoms with E-state index in [1.54, 1.807) is 37.4 Å². The van der Waals surface area contributed by atoms with E-state index >= 15 is 0 Å². The van der Waals surface area contributed by atoms with Crippen molar-refractivity contribution in [1.82, 2.24) is 14.7 Å². The summed E-state index contributed by atoms with van der Waals surface area (Å²) in [6, 6.07) is 21.2. The lowest BCUT2D eigenvalue weighted by Crippen LogP contribution is -2.50. The fraction of sp³-hybridized carbons (Fsp3) is 0.241. The van der Waals surface area contributed by atoms with Crippen LogP contribution in [0.25, 0.3) is 16.8 Å². The van der Waals surface area contributed by atoms with Crippen molar-refractivity contribution in [2.24, 2.45) is 0 Å². The minimum atomic E-state index is -0.523. The summed E-state index contributed by atoms with van der Waals surface area (Å²) >= 11 is 0. The quantitative estimate of drug-likeness (QED) is 0.417. The van der Waals surface area contributed by atoms with E-state index in [9.17, 15) is 14.3 Å². The minimum absolute atomic E-state index is 0.190. The maximum Gasteiger partial charge on any atom is 0.316 e. The van der Waals surface area contributed by atoms with E-state index in [2.05, 4.69) is 10.00 Å². The third kappa shape index (κ3) is 5.40. The van der Waals surface area contributed by atoms with Crippen molar-refractivity contribution in [2.75, 3.05) is 31.1 Å². The molecular weight excluding hydrogens is 471 g/mol. The van der Waals surface area contributed by atoms with E-state index in [4.69, 9.17) is 4.74 Å². The molecule has 1 saturated heterocycles. The number of benzene rings is 3. The molecule has 1 unspecified atom stereocenters. The highest BCUT2D eigenvalue weighted by Gasteiger charge is 2.25. The molecule has 3 aromatic carbocycles. The predicted octanol–water partition coefficient (Wildman–Crippen LogP) is 4.60. The molecule has 4 aromatic rings. The molecule has 0 radical (unpaired) electrons. The Kier molecular flexibility index (Phi) is 7.03. The Hall–Kier alpha value is -4.01. The summed E-state index contributed by atoms with van der Waals surface area (Å²) < 4.78 is 20.9. The summed E-state index contributed by atoms with van der Waals surface area (Å²) in [6.07, 6.45) is 1.15. The number of hydrogen-bond donors (Lipinski definition) is 1. The second-order valence-corrected chi connectivity index (χ2v) is 9.20. The van der Waals surface area contributed by atoms with Crippen LogP contribution >= 0.6 is 0 Å². The first kappa shape index (κ1) is 24.7. The molecule has 1 aliphatic heterocycles. The van der Waals surface area contributed by atoms with Crippen molar-refractivity contribution >= 4 is 5.69 Å². The normalized spacial score (nSPS) is 15.0. The summed E-state index contributed by atoms with van der Waals surface area (Å²) in [6.45, 7) is 6.31. The van der Waals surface area contributed by atoms with Gasteiger partial charge in [0.15, 0.2) is 0 Å². The molecule has 0 amide bonds. The predicted molar refractivity (Wildman–Crippen MR) is 142 cm³/mol. The lowest BCUT2D eigenvalue weighted by Gasteiger charge is -2.37. The van der Waals surface area contributed by atoms with Crippen molar-refractivity contribution < 1.29 is 14.2 Å². The summed E-state index contributed by atoms with van der Waals surface area (Å²) in [5.41, 5.74) is 3.78. The summed E-state index contributed by atoms with van der Waals surface area (Å²) in [5, 5.41) is 14.4. The molecule has 1 aliphatic rings. The number of nitrogens with zero attached hydrogens (tertiary/aromatic N) is 4. The highest BCUT2D eigenvalue weighted by molar-refractivity contribution is 5.64. The maximum absolute atomic E-state index is 13.7. The minimum Gasteiger partial charge on any atom is -0.449 e. The standard InChI is InChI=1S/C29H29FN4O3/c1-20-3-11-25(12-4-20)34-29(36)28(27(19-31-34)33-17-15-32(16-18-33)21(2)35)37-26-13-7-23(8-14-26)22-5-9-24(30)10-6-22/h3-14,19,21,35H,15-18H2,1-2H3. The molecule has 5 rings (SSSR count).